The molecule has 0 atom stereocenters. The predicted molar refractivity (Wildman–Crippen MR) is 98.7 cm³/mol. The van der Waals surface area contributed by atoms with Gasteiger partial charge in [-0.25, -0.2) is 0 Å². The molecule has 6 nitrogen and oxygen atoms in total. The fraction of sp³-hybridized carbons (Fsp3) is 0.200. The molecule has 6 heteroatoms. The molecule has 3 N–H and O–H groups in total. The van der Waals surface area contributed by atoms with Crippen LogP contribution in [-0.2, 0) is 26.7 Å². The monoisotopic (exact) mass is 351 g/mol. The Morgan fingerprint density at radius 2 is 1.69 bits per heavy atom. The number of hydrogen-bond acceptors (Lipinski definition) is 4. The first-order chi connectivity index (χ1) is 12.6. The second-order valence-corrected chi connectivity index (χ2v) is 6.10. The number of amides is 1. The fourth-order valence-corrected chi connectivity index (χ4v) is 2.87. The van der Waals surface area contributed by atoms with E-state index in [1.54, 1.807) is 29.1 Å². The Bertz CT molecular complexity index is 882. The Morgan fingerprint density at radius 1 is 1.04 bits per heavy atom. The van der Waals surface area contributed by atoms with Gasteiger partial charge in [0.15, 0.2) is 0 Å². The van der Waals surface area contributed by atoms with Gasteiger partial charge in [0, 0.05) is 19.2 Å². The van der Waals surface area contributed by atoms with Crippen molar-refractivity contribution >= 4 is 11.6 Å². The van der Waals surface area contributed by atoms with Crippen molar-refractivity contribution in [2.45, 2.75) is 19.6 Å². The topological polar surface area (TPSA) is 87.4 Å². The van der Waals surface area contributed by atoms with Crippen molar-refractivity contribution in [1.29, 1.82) is 0 Å². The first kappa shape index (κ1) is 17.8. The van der Waals surface area contributed by atoms with Crippen LogP contribution in [0.2, 0.25) is 0 Å². The van der Waals surface area contributed by atoms with E-state index < -0.39 is 0 Å². The summed E-state index contributed by atoms with van der Waals surface area (Å²) in [5, 5.41) is 25.7. The summed E-state index contributed by atoms with van der Waals surface area (Å²) < 4.78 is 1.70. The maximum atomic E-state index is 12.7. The lowest BCUT2D eigenvalue weighted by atomic mass is 10.1. The molecule has 3 aromatic rings. The molecule has 0 aliphatic rings. The van der Waals surface area contributed by atoms with Crippen molar-refractivity contribution in [1.82, 2.24) is 9.78 Å². The summed E-state index contributed by atoms with van der Waals surface area (Å²) >= 11 is 0. The number of carbonyl (C=O) groups excluding carboxylic acids is 1. The van der Waals surface area contributed by atoms with Gasteiger partial charge in [0.1, 0.15) is 0 Å². The lowest BCUT2D eigenvalue weighted by Crippen LogP contribution is -2.15. The van der Waals surface area contributed by atoms with E-state index in [1.165, 1.54) is 0 Å². The summed E-state index contributed by atoms with van der Waals surface area (Å²) in [6, 6.07) is 15.0. The van der Waals surface area contributed by atoms with E-state index in [0.29, 0.717) is 28.8 Å². The van der Waals surface area contributed by atoms with Crippen molar-refractivity contribution in [3.05, 3.63) is 82.7 Å². The third-order valence-electron chi connectivity index (χ3n) is 4.20. The Balaban J connectivity index is 1.85. The second-order valence-electron chi connectivity index (χ2n) is 6.10. The maximum absolute atomic E-state index is 12.7. The average molecular weight is 351 g/mol. The molecule has 0 aliphatic heterocycles. The van der Waals surface area contributed by atoms with Crippen LogP contribution in [0.15, 0.2) is 54.7 Å². The van der Waals surface area contributed by atoms with Crippen LogP contribution in [0.1, 0.15) is 32.7 Å². The van der Waals surface area contributed by atoms with E-state index in [2.05, 4.69) is 10.4 Å². The van der Waals surface area contributed by atoms with E-state index in [1.807, 2.05) is 37.4 Å². The molecule has 26 heavy (non-hydrogen) atoms. The van der Waals surface area contributed by atoms with Gasteiger partial charge in [-0.15, -0.1) is 0 Å². The van der Waals surface area contributed by atoms with Gasteiger partial charge in [0.2, 0.25) is 0 Å². The Labute approximate surface area is 151 Å². The molecule has 0 fully saturated rings. The highest BCUT2D eigenvalue weighted by molar-refractivity contribution is 6.05. The largest absolute Gasteiger partial charge is 0.392 e. The third kappa shape index (κ3) is 3.99. The van der Waals surface area contributed by atoms with Crippen LogP contribution in [0.4, 0.5) is 5.69 Å². The zero-order valence-electron chi connectivity index (χ0n) is 14.5. The lowest BCUT2D eigenvalue weighted by molar-refractivity contribution is 0.102. The van der Waals surface area contributed by atoms with Crippen LogP contribution in [0.25, 0.3) is 0 Å². The molecule has 0 radical (unpaired) electrons. The molecule has 0 unspecified atom stereocenters. The number of aliphatic hydroxyl groups is 2. The quantitative estimate of drug-likeness (QED) is 0.636. The molecule has 2 aromatic carbocycles. The standard InChI is InChI=1S/C20H21N3O3/c1-23-19(10-14-5-3-2-4-6-14)18(11-21-23)20(26)22-17-8-15(12-24)7-16(9-17)13-25/h2-9,11,24-25H,10,12-13H2,1H3,(H,22,26). The molecular formula is C20H21N3O3. The summed E-state index contributed by atoms with van der Waals surface area (Å²) in [6.45, 7) is -0.328. The Morgan fingerprint density at radius 3 is 2.31 bits per heavy atom. The number of nitrogens with one attached hydrogen (secondary N) is 1. The first-order valence-electron chi connectivity index (χ1n) is 8.31. The van der Waals surface area contributed by atoms with Crippen LogP contribution in [0.3, 0.4) is 0 Å². The van der Waals surface area contributed by atoms with Gasteiger partial charge < -0.3 is 15.5 Å². The summed E-state index contributed by atoms with van der Waals surface area (Å²) in [5.41, 5.74) is 4.19. The van der Waals surface area contributed by atoms with Crippen LogP contribution in [0.5, 0.6) is 0 Å². The molecule has 0 saturated carbocycles. The number of rotatable bonds is 6. The summed E-state index contributed by atoms with van der Waals surface area (Å²) in [7, 11) is 1.81. The predicted octanol–water partition coefficient (Wildman–Crippen LogP) is 2.25. The second kappa shape index (κ2) is 7.95. The minimum Gasteiger partial charge on any atom is -0.392 e. The lowest BCUT2D eigenvalue weighted by Gasteiger charge is -2.10. The van der Waals surface area contributed by atoms with Crippen molar-refractivity contribution in [3.63, 3.8) is 0 Å². The molecule has 0 spiro atoms. The molecule has 0 aliphatic carbocycles. The normalized spacial score (nSPS) is 10.7. The van der Waals surface area contributed by atoms with Crippen molar-refractivity contribution in [3.8, 4) is 0 Å². The molecule has 1 aromatic heterocycles. The highest BCUT2D eigenvalue weighted by Crippen LogP contribution is 2.19. The SMILES string of the molecule is Cn1ncc(C(=O)Nc2cc(CO)cc(CO)c2)c1Cc1ccccc1. The molecule has 134 valence electrons. The van der Waals surface area contributed by atoms with E-state index >= 15 is 0 Å². The van der Waals surface area contributed by atoms with Crippen LogP contribution in [0, 0.1) is 0 Å². The van der Waals surface area contributed by atoms with Gasteiger partial charge in [0.25, 0.3) is 5.91 Å². The fourth-order valence-electron chi connectivity index (χ4n) is 2.87. The number of aromatic nitrogens is 2. The number of nitrogens with zero attached hydrogens (tertiary/aromatic N) is 2. The van der Waals surface area contributed by atoms with Crippen LogP contribution < -0.4 is 5.32 Å². The molecule has 3 rings (SSSR count). The highest BCUT2D eigenvalue weighted by Gasteiger charge is 2.17. The van der Waals surface area contributed by atoms with Gasteiger partial charge in [-0.05, 0) is 28.8 Å². The van der Waals surface area contributed by atoms with Crippen molar-refractivity contribution < 1.29 is 15.0 Å². The summed E-state index contributed by atoms with van der Waals surface area (Å²) in [4.78, 5) is 12.7. The van der Waals surface area contributed by atoms with E-state index in [0.717, 1.165) is 11.3 Å². The van der Waals surface area contributed by atoms with Crippen LogP contribution >= 0.6 is 0 Å². The van der Waals surface area contributed by atoms with Crippen molar-refractivity contribution in [2.75, 3.05) is 5.32 Å². The number of aliphatic hydroxyl groups excluding tert-OH is 2. The molecule has 0 saturated heterocycles. The van der Waals surface area contributed by atoms with E-state index in [-0.39, 0.29) is 19.1 Å². The Hall–Kier alpha value is -2.96. The molecule has 0 bridgehead atoms. The average Bonchev–Trinajstić information content (AvgIpc) is 3.02. The van der Waals surface area contributed by atoms with Gasteiger partial charge >= 0.3 is 0 Å². The molecule has 1 amide bonds. The van der Waals surface area contributed by atoms with E-state index in [9.17, 15) is 15.0 Å². The van der Waals surface area contributed by atoms with Crippen LogP contribution in [-0.4, -0.2) is 25.9 Å². The van der Waals surface area contributed by atoms with Crippen molar-refractivity contribution in [2.24, 2.45) is 7.05 Å². The zero-order valence-corrected chi connectivity index (χ0v) is 14.5. The van der Waals surface area contributed by atoms with Gasteiger partial charge in [-0.3, -0.25) is 9.48 Å². The third-order valence-corrected chi connectivity index (χ3v) is 4.20. The number of hydrogen-bond donors (Lipinski definition) is 3. The number of benzene rings is 2. The minimum absolute atomic E-state index is 0.164. The highest BCUT2D eigenvalue weighted by atomic mass is 16.3. The number of carbonyl (C=O) groups is 1. The van der Waals surface area contributed by atoms with Gasteiger partial charge in [-0.2, -0.15) is 5.10 Å². The minimum atomic E-state index is -0.275. The summed E-state index contributed by atoms with van der Waals surface area (Å²) in [6.07, 6.45) is 2.15. The zero-order chi connectivity index (χ0) is 18.5. The number of aryl methyl sites for hydroxylation is 1. The molecular weight excluding hydrogens is 330 g/mol. The molecule has 1 heterocycles. The number of anilines is 1. The van der Waals surface area contributed by atoms with Gasteiger partial charge in [-0.1, -0.05) is 36.4 Å². The first-order valence-corrected chi connectivity index (χ1v) is 8.31. The maximum Gasteiger partial charge on any atom is 0.259 e. The smallest absolute Gasteiger partial charge is 0.259 e. The van der Waals surface area contributed by atoms with E-state index in [4.69, 9.17) is 0 Å². The summed E-state index contributed by atoms with van der Waals surface area (Å²) in [5.74, 6) is -0.275. The van der Waals surface area contributed by atoms with Gasteiger partial charge in [0.05, 0.1) is 30.7 Å². The Kier molecular flexibility index (Phi) is 5.46.